The van der Waals surface area contributed by atoms with Crippen LogP contribution in [0.15, 0.2) is 48.5 Å². The van der Waals surface area contributed by atoms with Crippen LogP contribution in [0.1, 0.15) is 40.5 Å². The Hall–Kier alpha value is -2.04. The van der Waals surface area contributed by atoms with E-state index in [0.717, 1.165) is 6.42 Å². The Kier molecular flexibility index (Phi) is 7.29. The highest BCUT2D eigenvalue weighted by atomic mass is 35.5. The first kappa shape index (κ1) is 19.3. The van der Waals surface area contributed by atoms with Crippen molar-refractivity contribution in [2.24, 2.45) is 0 Å². The Balaban J connectivity index is 1.81. The topological polar surface area (TPSA) is 58.2 Å². The van der Waals surface area contributed by atoms with Crippen molar-refractivity contribution in [2.45, 2.75) is 25.8 Å². The SMILES string of the molecule is CCC(CCNC(=O)c1ccc(Cl)cc1)NC(=O)c1ccc(Cl)cc1. The maximum atomic E-state index is 12.2. The summed E-state index contributed by atoms with van der Waals surface area (Å²) in [6.45, 7) is 2.47. The van der Waals surface area contributed by atoms with Gasteiger partial charge in [-0.25, -0.2) is 0 Å². The fourth-order valence-electron chi connectivity index (χ4n) is 2.31. The summed E-state index contributed by atoms with van der Waals surface area (Å²) in [6.07, 6.45) is 1.42. The number of nitrogens with one attached hydrogen (secondary N) is 2. The van der Waals surface area contributed by atoms with Crippen molar-refractivity contribution in [1.82, 2.24) is 10.6 Å². The number of hydrogen-bond donors (Lipinski definition) is 2. The highest BCUT2D eigenvalue weighted by Gasteiger charge is 2.13. The standard InChI is InChI=1S/C19H20Cl2N2O2/c1-2-17(23-19(25)14-5-9-16(21)10-6-14)11-12-22-18(24)13-3-7-15(20)8-4-13/h3-10,17H,2,11-12H2,1H3,(H,22,24)(H,23,25). The number of carbonyl (C=O) groups is 2. The number of halogens is 2. The Morgan fingerprint density at radius 1 is 0.880 bits per heavy atom. The summed E-state index contributed by atoms with van der Waals surface area (Å²) in [7, 11) is 0. The van der Waals surface area contributed by atoms with E-state index in [0.29, 0.717) is 34.1 Å². The van der Waals surface area contributed by atoms with Crippen molar-refractivity contribution in [1.29, 1.82) is 0 Å². The van der Waals surface area contributed by atoms with Gasteiger partial charge in [0, 0.05) is 33.8 Å². The summed E-state index contributed by atoms with van der Waals surface area (Å²) >= 11 is 11.6. The predicted molar refractivity (Wildman–Crippen MR) is 101 cm³/mol. The lowest BCUT2D eigenvalue weighted by Gasteiger charge is -2.17. The van der Waals surface area contributed by atoms with Crippen LogP contribution < -0.4 is 10.6 Å². The largest absolute Gasteiger partial charge is 0.352 e. The van der Waals surface area contributed by atoms with Crippen LogP contribution in [0.2, 0.25) is 10.0 Å². The van der Waals surface area contributed by atoms with Gasteiger partial charge < -0.3 is 10.6 Å². The van der Waals surface area contributed by atoms with Gasteiger partial charge >= 0.3 is 0 Å². The molecule has 0 spiro atoms. The molecule has 2 rings (SSSR count). The van der Waals surface area contributed by atoms with Crippen LogP contribution in [0.3, 0.4) is 0 Å². The van der Waals surface area contributed by atoms with Gasteiger partial charge in [-0.15, -0.1) is 0 Å². The van der Waals surface area contributed by atoms with Crippen LogP contribution in [0.4, 0.5) is 0 Å². The molecule has 2 aromatic rings. The first-order valence-corrected chi connectivity index (χ1v) is 8.85. The quantitative estimate of drug-likeness (QED) is 0.753. The molecular formula is C19H20Cl2N2O2. The van der Waals surface area contributed by atoms with Crippen molar-refractivity contribution in [3.8, 4) is 0 Å². The fraction of sp³-hybridized carbons (Fsp3) is 0.263. The molecule has 132 valence electrons. The van der Waals surface area contributed by atoms with Crippen molar-refractivity contribution in [3.05, 3.63) is 69.7 Å². The summed E-state index contributed by atoms with van der Waals surface area (Å²) < 4.78 is 0. The highest BCUT2D eigenvalue weighted by Crippen LogP contribution is 2.11. The molecule has 25 heavy (non-hydrogen) atoms. The smallest absolute Gasteiger partial charge is 0.251 e. The molecular weight excluding hydrogens is 359 g/mol. The zero-order chi connectivity index (χ0) is 18.2. The fourth-order valence-corrected chi connectivity index (χ4v) is 2.56. The van der Waals surface area contributed by atoms with E-state index in [2.05, 4.69) is 10.6 Å². The third kappa shape index (κ3) is 6.07. The van der Waals surface area contributed by atoms with Gasteiger partial charge in [0.1, 0.15) is 0 Å². The van der Waals surface area contributed by atoms with E-state index in [1.54, 1.807) is 48.5 Å². The van der Waals surface area contributed by atoms with Crippen LogP contribution in [0, 0.1) is 0 Å². The van der Waals surface area contributed by atoms with E-state index < -0.39 is 0 Å². The second-order valence-corrected chi connectivity index (χ2v) is 6.51. The molecule has 2 N–H and O–H groups in total. The monoisotopic (exact) mass is 378 g/mol. The van der Waals surface area contributed by atoms with Gasteiger partial charge in [-0.3, -0.25) is 9.59 Å². The highest BCUT2D eigenvalue weighted by molar-refractivity contribution is 6.31. The summed E-state index contributed by atoms with van der Waals surface area (Å²) in [5, 5.41) is 7.01. The Bertz CT molecular complexity index is 715. The minimum Gasteiger partial charge on any atom is -0.352 e. The minimum absolute atomic E-state index is 0.0197. The number of benzene rings is 2. The molecule has 0 aliphatic carbocycles. The summed E-state index contributed by atoms with van der Waals surface area (Å²) in [5.74, 6) is -0.303. The summed E-state index contributed by atoms with van der Waals surface area (Å²) in [5.41, 5.74) is 1.12. The van der Waals surface area contributed by atoms with Crippen LogP contribution in [-0.4, -0.2) is 24.4 Å². The van der Waals surface area contributed by atoms with Crippen LogP contribution >= 0.6 is 23.2 Å². The van der Waals surface area contributed by atoms with Gasteiger partial charge in [0.05, 0.1) is 0 Å². The lowest BCUT2D eigenvalue weighted by molar-refractivity contribution is 0.0932. The number of hydrogen-bond acceptors (Lipinski definition) is 2. The van der Waals surface area contributed by atoms with Gasteiger partial charge in [-0.1, -0.05) is 30.1 Å². The molecule has 0 heterocycles. The van der Waals surface area contributed by atoms with Gasteiger partial charge in [0.25, 0.3) is 11.8 Å². The predicted octanol–water partition coefficient (Wildman–Crippen LogP) is 4.32. The van der Waals surface area contributed by atoms with Gasteiger partial charge in [-0.05, 0) is 61.4 Å². The summed E-state index contributed by atoms with van der Waals surface area (Å²) in [4.78, 5) is 24.3. The van der Waals surface area contributed by atoms with E-state index in [1.807, 2.05) is 6.92 Å². The molecule has 0 fully saturated rings. The first-order valence-electron chi connectivity index (χ1n) is 8.09. The molecule has 4 nitrogen and oxygen atoms in total. The normalized spacial score (nSPS) is 11.6. The van der Waals surface area contributed by atoms with Crippen molar-refractivity contribution < 1.29 is 9.59 Å². The van der Waals surface area contributed by atoms with Crippen molar-refractivity contribution >= 4 is 35.0 Å². The summed E-state index contributed by atoms with van der Waals surface area (Å²) in [6, 6.07) is 13.4. The number of amides is 2. The van der Waals surface area contributed by atoms with E-state index in [1.165, 1.54) is 0 Å². The zero-order valence-electron chi connectivity index (χ0n) is 13.9. The lowest BCUT2D eigenvalue weighted by atomic mass is 10.1. The van der Waals surface area contributed by atoms with Gasteiger partial charge in [0.2, 0.25) is 0 Å². The molecule has 6 heteroatoms. The lowest BCUT2D eigenvalue weighted by Crippen LogP contribution is -2.37. The maximum absolute atomic E-state index is 12.2. The Labute approximate surface area is 157 Å². The van der Waals surface area contributed by atoms with Crippen LogP contribution in [-0.2, 0) is 0 Å². The maximum Gasteiger partial charge on any atom is 0.251 e. The molecule has 0 bridgehead atoms. The van der Waals surface area contributed by atoms with Crippen LogP contribution in [0.25, 0.3) is 0 Å². The Morgan fingerprint density at radius 2 is 1.36 bits per heavy atom. The molecule has 1 unspecified atom stereocenters. The second kappa shape index (κ2) is 9.44. The van der Waals surface area contributed by atoms with Crippen molar-refractivity contribution in [2.75, 3.05) is 6.54 Å². The van der Waals surface area contributed by atoms with E-state index in [9.17, 15) is 9.59 Å². The van der Waals surface area contributed by atoms with Gasteiger partial charge in [0.15, 0.2) is 0 Å². The molecule has 0 radical (unpaired) electrons. The molecule has 0 saturated carbocycles. The molecule has 0 aliphatic rings. The first-order chi connectivity index (χ1) is 12.0. The third-order valence-electron chi connectivity index (χ3n) is 3.82. The number of carbonyl (C=O) groups excluding carboxylic acids is 2. The van der Waals surface area contributed by atoms with Crippen LogP contribution in [0.5, 0.6) is 0 Å². The molecule has 1 atom stereocenters. The minimum atomic E-state index is -0.157. The number of rotatable bonds is 7. The van der Waals surface area contributed by atoms with E-state index in [-0.39, 0.29) is 17.9 Å². The van der Waals surface area contributed by atoms with E-state index in [4.69, 9.17) is 23.2 Å². The average Bonchev–Trinajstić information content (AvgIpc) is 2.61. The molecule has 0 saturated heterocycles. The second-order valence-electron chi connectivity index (χ2n) is 5.64. The molecule has 0 aromatic heterocycles. The van der Waals surface area contributed by atoms with E-state index >= 15 is 0 Å². The average molecular weight is 379 g/mol. The van der Waals surface area contributed by atoms with Crippen molar-refractivity contribution in [3.63, 3.8) is 0 Å². The Morgan fingerprint density at radius 3 is 1.84 bits per heavy atom. The molecule has 2 aromatic carbocycles. The van der Waals surface area contributed by atoms with Gasteiger partial charge in [-0.2, -0.15) is 0 Å². The zero-order valence-corrected chi connectivity index (χ0v) is 15.4. The molecule has 2 amide bonds. The molecule has 0 aliphatic heterocycles. The third-order valence-corrected chi connectivity index (χ3v) is 4.32.